The molecule has 1 unspecified atom stereocenters. The highest BCUT2D eigenvalue weighted by Gasteiger charge is 2.66. The zero-order valence-corrected chi connectivity index (χ0v) is 9.72. The molecule has 0 aromatic heterocycles. The van der Waals surface area contributed by atoms with E-state index in [0.717, 1.165) is 0 Å². The molecule has 0 saturated carbocycles. The first-order valence-electron chi connectivity index (χ1n) is 5.38. The van der Waals surface area contributed by atoms with E-state index in [0.29, 0.717) is 0 Å². The van der Waals surface area contributed by atoms with Crippen LogP contribution in [0.3, 0.4) is 0 Å². The summed E-state index contributed by atoms with van der Waals surface area (Å²) < 4.78 is 4.57. The summed E-state index contributed by atoms with van der Waals surface area (Å²) in [5, 5.41) is 42.0. The Hall–Kier alpha value is -1.79. The lowest BCUT2D eigenvalue weighted by Gasteiger charge is -2.30. The highest BCUT2D eigenvalue weighted by molar-refractivity contribution is 6.22. The molecule has 0 aromatic rings. The van der Waals surface area contributed by atoms with Crippen LogP contribution in [0.2, 0.25) is 0 Å². The van der Waals surface area contributed by atoms with Crippen molar-refractivity contribution in [3.63, 3.8) is 0 Å². The molecule has 2 aliphatic rings. The van der Waals surface area contributed by atoms with Gasteiger partial charge in [0, 0.05) is 5.18 Å². The van der Waals surface area contributed by atoms with Crippen LogP contribution in [0.5, 0.6) is 0 Å². The first-order chi connectivity index (χ1) is 9.18. The number of aliphatic hydroxyl groups excluding tert-OH is 3. The number of imide groups is 1. The quantitative estimate of drug-likeness (QED) is 0.182. The predicted octanol–water partition coefficient (Wildman–Crippen LogP) is -4.13. The van der Waals surface area contributed by atoms with Crippen LogP contribution in [0.15, 0.2) is 5.18 Å². The second kappa shape index (κ2) is 4.36. The minimum atomic E-state index is -3.38. The lowest BCUT2D eigenvalue weighted by atomic mass is 9.90. The fourth-order valence-electron chi connectivity index (χ4n) is 2.09. The van der Waals surface area contributed by atoms with E-state index in [9.17, 15) is 39.7 Å². The van der Waals surface area contributed by atoms with Crippen LogP contribution in [0.25, 0.3) is 0 Å². The number of Topliss-reactive ketones (excluding diaryl/α,β-unsaturated/α-hetero) is 1. The Kier molecular flexibility index (Phi) is 3.19. The Labute approximate surface area is 110 Å². The molecule has 5 N–H and O–H groups in total. The third kappa shape index (κ3) is 1.76. The van der Waals surface area contributed by atoms with Crippen LogP contribution in [0, 0.1) is 4.91 Å². The SMILES string of the molecule is O=N[C@@]1(O)OC2(CC(=O)NC2=O)C(=O)[C@@H](O)[C@H](O)[C@H]1O. The molecular weight excluding hydrogens is 280 g/mol. The lowest BCUT2D eigenvalue weighted by molar-refractivity contribution is -0.291. The summed E-state index contributed by atoms with van der Waals surface area (Å²) in [6.07, 6.45) is -8.13. The maximum Gasteiger partial charge on any atom is 0.336 e. The number of nitrogens with one attached hydrogen (secondary N) is 1. The number of ketones is 1. The van der Waals surface area contributed by atoms with Crippen LogP contribution in [0.1, 0.15) is 6.42 Å². The highest BCUT2D eigenvalue weighted by atomic mass is 16.7. The number of ether oxygens (including phenoxy) is 1. The number of nitroso groups, excluding NO2 is 1. The maximum absolute atomic E-state index is 12.0. The molecule has 2 fully saturated rings. The number of carbonyl (C=O) groups is 3. The molecule has 2 saturated heterocycles. The number of rotatable bonds is 1. The van der Waals surface area contributed by atoms with Crippen molar-refractivity contribution in [3.05, 3.63) is 4.91 Å². The largest absolute Gasteiger partial charge is 0.387 e. The first kappa shape index (κ1) is 14.6. The van der Waals surface area contributed by atoms with Gasteiger partial charge in [-0.25, -0.2) is 0 Å². The van der Waals surface area contributed by atoms with Crippen molar-refractivity contribution >= 4 is 17.6 Å². The van der Waals surface area contributed by atoms with Crippen molar-refractivity contribution in [3.8, 4) is 0 Å². The molecule has 11 heteroatoms. The van der Waals surface area contributed by atoms with E-state index in [1.807, 2.05) is 5.18 Å². The van der Waals surface area contributed by atoms with Crippen LogP contribution in [-0.2, 0) is 19.1 Å². The van der Waals surface area contributed by atoms with Crippen molar-refractivity contribution < 1.29 is 39.5 Å². The molecular formula is C9H10N2O9. The fourth-order valence-corrected chi connectivity index (χ4v) is 2.09. The van der Waals surface area contributed by atoms with Gasteiger partial charge in [0.15, 0.2) is 6.10 Å². The van der Waals surface area contributed by atoms with Gasteiger partial charge >= 0.3 is 5.91 Å². The monoisotopic (exact) mass is 290 g/mol. The van der Waals surface area contributed by atoms with E-state index in [1.54, 1.807) is 5.32 Å². The predicted molar refractivity (Wildman–Crippen MR) is 55.4 cm³/mol. The fraction of sp³-hybridized carbons (Fsp3) is 0.667. The summed E-state index contributed by atoms with van der Waals surface area (Å²) in [7, 11) is 0. The zero-order valence-electron chi connectivity index (χ0n) is 9.72. The van der Waals surface area contributed by atoms with Crippen molar-refractivity contribution in [1.29, 1.82) is 0 Å². The van der Waals surface area contributed by atoms with Crippen molar-refractivity contribution in [2.45, 2.75) is 36.2 Å². The van der Waals surface area contributed by atoms with Crippen molar-refractivity contribution in [1.82, 2.24) is 5.32 Å². The third-order valence-corrected chi connectivity index (χ3v) is 3.18. The minimum Gasteiger partial charge on any atom is -0.387 e. The van der Waals surface area contributed by atoms with Gasteiger partial charge in [-0.1, -0.05) is 0 Å². The first-order valence-corrected chi connectivity index (χ1v) is 5.38. The zero-order chi connectivity index (χ0) is 15.3. The molecule has 1 spiro atoms. The molecule has 2 heterocycles. The summed E-state index contributed by atoms with van der Waals surface area (Å²) in [6.45, 7) is 0. The van der Waals surface area contributed by atoms with Gasteiger partial charge in [-0.05, 0) is 0 Å². The normalized spacial score (nSPS) is 45.4. The number of aliphatic hydroxyl groups is 4. The summed E-state index contributed by atoms with van der Waals surface area (Å²) in [5.41, 5.74) is -2.74. The van der Waals surface area contributed by atoms with E-state index in [4.69, 9.17) is 0 Å². The van der Waals surface area contributed by atoms with E-state index in [1.165, 1.54) is 0 Å². The molecule has 2 amide bonds. The van der Waals surface area contributed by atoms with Gasteiger partial charge in [0.25, 0.3) is 5.91 Å². The molecule has 11 nitrogen and oxygen atoms in total. The van der Waals surface area contributed by atoms with Gasteiger partial charge < -0.3 is 25.2 Å². The standard InChI is InChI=1S/C9H10N2O9/c12-2-1-8(7(17)10-2)5(15)3(13)4(14)6(16)9(18,11-19)20-8/h3-4,6,13-14,16,18H,1H2,(H,10,12,17)/t3-,4-,6+,8?,9-/m0/s1. The van der Waals surface area contributed by atoms with E-state index < -0.39 is 53.8 Å². The Bertz CT molecular complexity index is 508. The number of amides is 2. The second-order valence-corrected chi connectivity index (χ2v) is 4.48. The molecule has 0 aromatic carbocycles. The van der Waals surface area contributed by atoms with Gasteiger partial charge in [0.05, 0.1) is 6.42 Å². The van der Waals surface area contributed by atoms with E-state index in [-0.39, 0.29) is 0 Å². The van der Waals surface area contributed by atoms with E-state index >= 15 is 0 Å². The molecule has 20 heavy (non-hydrogen) atoms. The van der Waals surface area contributed by atoms with Crippen LogP contribution in [-0.4, -0.2) is 67.8 Å². The highest BCUT2D eigenvalue weighted by Crippen LogP contribution is 2.36. The molecule has 0 aliphatic carbocycles. The number of hydrogen-bond acceptors (Lipinski definition) is 10. The molecule has 2 aliphatic heterocycles. The molecule has 0 radical (unpaired) electrons. The Morgan fingerprint density at radius 2 is 1.85 bits per heavy atom. The lowest BCUT2D eigenvalue weighted by Crippen LogP contribution is -2.55. The maximum atomic E-state index is 12.0. The van der Waals surface area contributed by atoms with Crippen LogP contribution in [0.4, 0.5) is 0 Å². The number of nitrogens with zero attached hydrogens (tertiary/aromatic N) is 1. The van der Waals surface area contributed by atoms with Crippen LogP contribution < -0.4 is 5.32 Å². The van der Waals surface area contributed by atoms with Gasteiger partial charge in [0.1, 0.15) is 12.2 Å². The third-order valence-electron chi connectivity index (χ3n) is 3.18. The van der Waals surface area contributed by atoms with Crippen LogP contribution >= 0.6 is 0 Å². The van der Waals surface area contributed by atoms with Crippen molar-refractivity contribution in [2.75, 3.05) is 0 Å². The summed E-state index contributed by atoms with van der Waals surface area (Å²) in [4.78, 5) is 45.5. The van der Waals surface area contributed by atoms with Gasteiger partial charge in [-0.2, -0.15) is 0 Å². The van der Waals surface area contributed by atoms with Gasteiger partial charge in [-0.15, -0.1) is 4.91 Å². The topological polar surface area (TPSA) is 183 Å². The summed E-state index contributed by atoms with van der Waals surface area (Å²) in [5.74, 6) is -7.16. The number of carbonyl (C=O) groups excluding carboxylic acids is 3. The average Bonchev–Trinajstić information content (AvgIpc) is 2.67. The Balaban J connectivity index is 2.58. The van der Waals surface area contributed by atoms with Gasteiger partial charge in [-0.3, -0.25) is 19.7 Å². The van der Waals surface area contributed by atoms with Crippen molar-refractivity contribution in [2.24, 2.45) is 5.18 Å². The van der Waals surface area contributed by atoms with Gasteiger partial charge in [0.2, 0.25) is 17.3 Å². The molecule has 2 rings (SSSR count). The molecule has 5 atom stereocenters. The average molecular weight is 290 g/mol. The molecule has 110 valence electrons. The van der Waals surface area contributed by atoms with E-state index in [2.05, 4.69) is 4.74 Å². The summed E-state index contributed by atoms with van der Waals surface area (Å²) in [6, 6.07) is 0. The minimum absolute atomic E-state index is 0.932. The Morgan fingerprint density at radius 3 is 2.30 bits per heavy atom. The summed E-state index contributed by atoms with van der Waals surface area (Å²) >= 11 is 0. The second-order valence-electron chi connectivity index (χ2n) is 4.48. The smallest absolute Gasteiger partial charge is 0.336 e. The number of hydrogen-bond donors (Lipinski definition) is 5. The Morgan fingerprint density at radius 1 is 1.25 bits per heavy atom. The molecule has 0 bridgehead atoms.